The Morgan fingerprint density at radius 3 is 2.72 bits per heavy atom. The molecule has 5 N–H and O–H groups in total. The van der Waals surface area contributed by atoms with E-state index in [-0.39, 0.29) is 16.8 Å². The monoisotopic (exact) mass is 362 g/mol. The van der Waals surface area contributed by atoms with E-state index < -0.39 is 5.91 Å². The summed E-state index contributed by atoms with van der Waals surface area (Å²) in [7, 11) is 0. The highest BCUT2D eigenvalue weighted by Gasteiger charge is 2.41. The van der Waals surface area contributed by atoms with Crippen molar-refractivity contribution in [3.8, 4) is 0 Å². The fourth-order valence-corrected chi connectivity index (χ4v) is 3.45. The maximum absolute atomic E-state index is 12.2. The number of hydrogen-bond acceptors (Lipinski definition) is 5. The molecule has 0 spiro atoms. The number of hydrogen-bond donors (Lipinski definition) is 4. The molecule has 2 heterocycles. The Balaban J connectivity index is 1.62. The molecule has 2 fully saturated rings. The van der Waals surface area contributed by atoms with Crippen LogP contribution in [0, 0.1) is 5.41 Å². The first kappa shape index (κ1) is 17.9. The summed E-state index contributed by atoms with van der Waals surface area (Å²) in [5.41, 5.74) is 7.51. The quantitative estimate of drug-likeness (QED) is 0.584. The van der Waals surface area contributed by atoms with Crippen LogP contribution >= 0.6 is 11.6 Å². The number of carbonyl (C=O) groups excluding carboxylic acids is 1. The van der Waals surface area contributed by atoms with E-state index in [1.807, 2.05) is 31.2 Å². The number of fused-ring (bicyclic) bond motifs is 2. The average molecular weight is 363 g/mol. The van der Waals surface area contributed by atoms with Gasteiger partial charge >= 0.3 is 0 Å². The summed E-state index contributed by atoms with van der Waals surface area (Å²) < 4.78 is 5.96. The second-order valence-corrected chi connectivity index (χ2v) is 6.85. The minimum absolute atomic E-state index is 0.0115. The van der Waals surface area contributed by atoms with E-state index in [4.69, 9.17) is 27.5 Å². The van der Waals surface area contributed by atoms with Crippen molar-refractivity contribution in [1.29, 1.82) is 5.41 Å². The summed E-state index contributed by atoms with van der Waals surface area (Å²) in [6.45, 7) is 2.88. The molecule has 2 bridgehead atoms. The predicted molar refractivity (Wildman–Crippen MR) is 98.8 cm³/mol. The first-order valence-electron chi connectivity index (χ1n) is 8.52. The van der Waals surface area contributed by atoms with E-state index in [9.17, 15) is 4.79 Å². The van der Waals surface area contributed by atoms with Gasteiger partial charge in [0.1, 0.15) is 5.71 Å². The minimum Gasteiger partial charge on any atom is -0.401 e. The molecule has 0 aromatic heterocycles. The third-order valence-corrected chi connectivity index (χ3v) is 5.01. The van der Waals surface area contributed by atoms with Crippen LogP contribution < -0.4 is 16.4 Å². The standard InChI is InChI=1S/C18H23ClN4O2/c1-2-3-13(20)15(19)16(21)18(24)23-11-6-4-10(5-7-11)17-14-8-12(25-17)9-22-14/h4-7,12,14,17,21-22H,2-3,8-9,20H2,1H3,(H,23,24)/b15-13+,21-16?/t12-,14-,17+/m0/s1. The highest BCUT2D eigenvalue weighted by Crippen LogP contribution is 2.37. The van der Waals surface area contributed by atoms with E-state index in [0.717, 1.165) is 24.9 Å². The Bertz CT molecular complexity index is 702. The van der Waals surface area contributed by atoms with Crippen LogP contribution in [0.5, 0.6) is 0 Å². The van der Waals surface area contributed by atoms with Gasteiger partial charge in [-0.2, -0.15) is 0 Å². The molecule has 0 aliphatic carbocycles. The maximum atomic E-state index is 12.2. The number of halogens is 1. The fraction of sp³-hybridized carbons (Fsp3) is 0.444. The van der Waals surface area contributed by atoms with E-state index >= 15 is 0 Å². The topological polar surface area (TPSA) is 100 Å². The van der Waals surface area contributed by atoms with Gasteiger partial charge in [0.25, 0.3) is 5.91 Å². The first-order valence-corrected chi connectivity index (χ1v) is 8.90. The zero-order chi connectivity index (χ0) is 18.0. The Labute approximate surface area is 152 Å². The number of allylic oxidation sites excluding steroid dienone is 1. The Morgan fingerprint density at radius 1 is 1.44 bits per heavy atom. The van der Waals surface area contributed by atoms with Gasteiger partial charge in [-0.1, -0.05) is 37.1 Å². The highest BCUT2D eigenvalue weighted by atomic mass is 35.5. The van der Waals surface area contributed by atoms with Gasteiger partial charge in [-0.05, 0) is 30.5 Å². The molecular weight excluding hydrogens is 340 g/mol. The Kier molecular flexibility index (Phi) is 5.42. The summed E-state index contributed by atoms with van der Waals surface area (Å²) in [6, 6.07) is 7.86. The van der Waals surface area contributed by atoms with Gasteiger partial charge in [0.05, 0.1) is 17.2 Å². The number of benzene rings is 1. The molecule has 2 aliphatic heterocycles. The highest BCUT2D eigenvalue weighted by molar-refractivity contribution is 6.60. The van der Waals surface area contributed by atoms with Crippen molar-refractivity contribution in [2.45, 2.75) is 44.4 Å². The number of morpholine rings is 1. The molecule has 2 saturated heterocycles. The lowest BCUT2D eigenvalue weighted by Gasteiger charge is -2.23. The van der Waals surface area contributed by atoms with Crippen LogP contribution in [0.25, 0.3) is 0 Å². The SMILES string of the molecule is CCC/C(N)=C(\Cl)C(=N)C(=O)Nc1ccc([C@H]2O[C@@H]3CN[C@H]2C3)cc1. The third-order valence-electron chi connectivity index (χ3n) is 4.57. The molecular formula is C18H23ClN4O2. The molecule has 1 amide bonds. The van der Waals surface area contributed by atoms with Crippen LogP contribution in [0.15, 0.2) is 35.0 Å². The molecule has 2 aliphatic rings. The van der Waals surface area contributed by atoms with Crippen LogP contribution in [-0.2, 0) is 9.53 Å². The number of ether oxygens (including phenoxy) is 1. The molecule has 1 aromatic rings. The normalized spacial score (nSPS) is 25.6. The Morgan fingerprint density at radius 2 is 2.16 bits per heavy atom. The van der Waals surface area contributed by atoms with Crippen LogP contribution in [0.4, 0.5) is 5.69 Å². The number of anilines is 1. The van der Waals surface area contributed by atoms with Gasteiger partial charge in [0.2, 0.25) is 0 Å². The molecule has 0 radical (unpaired) electrons. The smallest absolute Gasteiger partial charge is 0.275 e. The van der Waals surface area contributed by atoms with E-state index in [1.54, 1.807) is 0 Å². The van der Waals surface area contributed by atoms with Gasteiger partial charge in [0, 0.05) is 24.0 Å². The summed E-state index contributed by atoms with van der Waals surface area (Å²) >= 11 is 6.01. The molecule has 134 valence electrons. The molecule has 0 unspecified atom stereocenters. The summed E-state index contributed by atoms with van der Waals surface area (Å²) in [5, 5.41) is 14.0. The Hall–Kier alpha value is -1.89. The second-order valence-electron chi connectivity index (χ2n) is 6.47. The number of nitrogens with two attached hydrogens (primary N) is 1. The van der Waals surface area contributed by atoms with Crippen molar-refractivity contribution in [3.63, 3.8) is 0 Å². The molecule has 25 heavy (non-hydrogen) atoms. The predicted octanol–water partition coefficient (Wildman–Crippen LogP) is 2.66. The van der Waals surface area contributed by atoms with Gasteiger partial charge in [-0.3, -0.25) is 10.2 Å². The van der Waals surface area contributed by atoms with Crippen LogP contribution in [0.2, 0.25) is 0 Å². The number of amides is 1. The molecule has 3 rings (SSSR count). The largest absolute Gasteiger partial charge is 0.401 e. The van der Waals surface area contributed by atoms with Crippen molar-refractivity contribution in [1.82, 2.24) is 5.32 Å². The molecule has 7 heteroatoms. The van der Waals surface area contributed by atoms with Gasteiger partial charge in [0.15, 0.2) is 0 Å². The second kappa shape index (κ2) is 7.56. The van der Waals surface area contributed by atoms with Gasteiger partial charge in [-0.15, -0.1) is 0 Å². The van der Waals surface area contributed by atoms with Gasteiger partial charge < -0.3 is 21.1 Å². The molecule has 0 saturated carbocycles. The zero-order valence-corrected chi connectivity index (χ0v) is 14.9. The average Bonchev–Trinajstić information content (AvgIpc) is 3.24. The van der Waals surface area contributed by atoms with Crippen LogP contribution in [0.3, 0.4) is 0 Å². The molecule has 1 aromatic carbocycles. The first-order chi connectivity index (χ1) is 12.0. The fourth-order valence-electron chi connectivity index (χ4n) is 3.27. The van der Waals surface area contributed by atoms with E-state index in [1.165, 1.54) is 0 Å². The van der Waals surface area contributed by atoms with Crippen molar-refractivity contribution >= 4 is 28.9 Å². The summed E-state index contributed by atoms with van der Waals surface area (Å²) in [4.78, 5) is 12.2. The molecule has 3 atom stereocenters. The maximum Gasteiger partial charge on any atom is 0.275 e. The number of rotatable bonds is 6. The lowest BCUT2D eigenvalue weighted by atomic mass is 10.0. The van der Waals surface area contributed by atoms with Crippen molar-refractivity contribution in [2.75, 3.05) is 11.9 Å². The summed E-state index contributed by atoms with van der Waals surface area (Å²) in [5.74, 6) is -0.574. The molecule has 6 nitrogen and oxygen atoms in total. The van der Waals surface area contributed by atoms with Crippen molar-refractivity contribution < 1.29 is 9.53 Å². The van der Waals surface area contributed by atoms with Crippen molar-refractivity contribution in [2.24, 2.45) is 5.73 Å². The van der Waals surface area contributed by atoms with E-state index in [0.29, 0.717) is 30.0 Å². The van der Waals surface area contributed by atoms with E-state index in [2.05, 4.69) is 10.6 Å². The van der Waals surface area contributed by atoms with Crippen molar-refractivity contribution in [3.05, 3.63) is 40.6 Å². The number of carbonyl (C=O) groups is 1. The van der Waals surface area contributed by atoms with Crippen LogP contribution in [-0.4, -0.2) is 30.3 Å². The lowest BCUT2D eigenvalue weighted by molar-refractivity contribution is -0.110. The number of nitrogens with one attached hydrogen (secondary N) is 3. The zero-order valence-electron chi connectivity index (χ0n) is 14.1. The summed E-state index contributed by atoms with van der Waals surface area (Å²) in [6.07, 6.45) is 2.77. The minimum atomic E-state index is -0.574. The lowest BCUT2D eigenvalue weighted by Crippen LogP contribution is -2.34. The van der Waals surface area contributed by atoms with Crippen LogP contribution in [0.1, 0.15) is 37.9 Å². The third kappa shape index (κ3) is 3.86. The van der Waals surface area contributed by atoms with Gasteiger partial charge in [-0.25, -0.2) is 0 Å².